The Balaban J connectivity index is 2.34. The molecule has 1 heterocycles. The van der Waals surface area contributed by atoms with E-state index in [1.54, 1.807) is 6.92 Å². The summed E-state index contributed by atoms with van der Waals surface area (Å²) in [5.41, 5.74) is 1.98. The highest BCUT2D eigenvalue weighted by Crippen LogP contribution is 2.27. The van der Waals surface area contributed by atoms with Gasteiger partial charge in [0.1, 0.15) is 0 Å². The van der Waals surface area contributed by atoms with Crippen LogP contribution in [0.1, 0.15) is 49.9 Å². The minimum Gasteiger partial charge on any atom is -0.368 e. The Kier molecular flexibility index (Phi) is 3.82. The zero-order valence-electron chi connectivity index (χ0n) is 10.8. The first kappa shape index (κ1) is 12.2. The van der Waals surface area contributed by atoms with E-state index >= 15 is 0 Å². The number of benzene rings is 1. The van der Waals surface area contributed by atoms with Crippen molar-refractivity contribution in [3.05, 3.63) is 29.8 Å². The second-order valence-electron chi connectivity index (χ2n) is 4.97. The molecule has 1 saturated heterocycles. The number of carbonyl (C=O) groups is 1. The summed E-state index contributed by atoms with van der Waals surface area (Å²) < 4.78 is 0. The molecule has 1 atom stereocenters. The first-order chi connectivity index (χ1) is 8.20. The molecule has 2 heteroatoms. The van der Waals surface area contributed by atoms with Gasteiger partial charge in [-0.15, -0.1) is 0 Å². The molecule has 0 spiro atoms. The molecular formula is C15H21NO. The van der Waals surface area contributed by atoms with Gasteiger partial charge in [-0.2, -0.15) is 0 Å². The number of anilines is 1. The SMILES string of the molecule is CC(=O)c1ccccc1N1CCCCCC1C. The van der Waals surface area contributed by atoms with Crippen molar-refractivity contribution in [3.8, 4) is 0 Å². The average Bonchev–Trinajstić information content (AvgIpc) is 2.54. The van der Waals surface area contributed by atoms with Gasteiger partial charge in [-0.05, 0) is 38.8 Å². The van der Waals surface area contributed by atoms with Gasteiger partial charge in [-0.3, -0.25) is 4.79 Å². The molecule has 1 fully saturated rings. The molecular weight excluding hydrogens is 210 g/mol. The summed E-state index contributed by atoms with van der Waals surface area (Å²) in [4.78, 5) is 14.1. The summed E-state index contributed by atoms with van der Waals surface area (Å²) in [5.74, 6) is 0.164. The summed E-state index contributed by atoms with van der Waals surface area (Å²) in [7, 11) is 0. The molecule has 2 rings (SSSR count). The monoisotopic (exact) mass is 231 g/mol. The Morgan fingerprint density at radius 3 is 2.76 bits per heavy atom. The van der Waals surface area contributed by atoms with Crippen LogP contribution in [-0.2, 0) is 0 Å². The highest BCUT2D eigenvalue weighted by atomic mass is 16.1. The molecule has 1 aromatic carbocycles. The molecule has 0 amide bonds. The lowest BCUT2D eigenvalue weighted by Crippen LogP contribution is -2.33. The maximum atomic E-state index is 11.7. The number of Topliss-reactive ketones (excluding diaryl/α,β-unsaturated/α-hetero) is 1. The molecule has 0 aliphatic carbocycles. The van der Waals surface area contributed by atoms with Crippen molar-refractivity contribution in [3.63, 3.8) is 0 Å². The van der Waals surface area contributed by atoms with Crippen LogP contribution >= 0.6 is 0 Å². The molecule has 92 valence electrons. The Labute approximate surface area is 104 Å². The van der Waals surface area contributed by atoms with Crippen LogP contribution in [-0.4, -0.2) is 18.4 Å². The van der Waals surface area contributed by atoms with Crippen molar-refractivity contribution in [1.29, 1.82) is 0 Å². The predicted octanol–water partition coefficient (Wildman–Crippen LogP) is 3.66. The van der Waals surface area contributed by atoms with E-state index in [1.165, 1.54) is 25.7 Å². The normalized spacial score (nSPS) is 21.1. The van der Waals surface area contributed by atoms with E-state index in [0.29, 0.717) is 6.04 Å². The largest absolute Gasteiger partial charge is 0.368 e. The molecule has 0 N–H and O–H groups in total. The third-order valence-electron chi connectivity index (χ3n) is 3.65. The van der Waals surface area contributed by atoms with Crippen LogP contribution in [0.4, 0.5) is 5.69 Å². The lowest BCUT2D eigenvalue weighted by Gasteiger charge is -2.30. The van der Waals surface area contributed by atoms with Crippen molar-refractivity contribution >= 4 is 11.5 Å². The number of ketones is 1. The van der Waals surface area contributed by atoms with Crippen LogP contribution in [0.5, 0.6) is 0 Å². The second-order valence-corrected chi connectivity index (χ2v) is 4.97. The molecule has 0 saturated carbocycles. The van der Waals surface area contributed by atoms with E-state index in [-0.39, 0.29) is 5.78 Å². The first-order valence-electron chi connectivity index (χ1n) is 6.57. The first-order valence-corrected chi connectivity index (χ1v) is 6.57. The van der Waals surface area contributed by atoms with Crippen molar-refractivity contribution < 1.29 is 4.79 Å². The standard InChI is InChI=1S/C15H21NO/c1-12-8-4-3-7-11-16(12)15-10-6-5-9-14(15)13(2)17/h5-6,9-10,12H,3-4,7-8,11H2,1-2H3. The smallest absolute Gasteiger partial charge is 0.161 e. The second kappa shape index (κ2) is 5.35. The molecule has 0 aromatic heterocycles. The molecule has 1 aromatic rings. The predicted molar refractivity (Wildman–Crippen MR) is 71.7 cm³/mol. The third-order valence-corrected chi connectivity index (χ3v) is 3.65. The van der Waals surface area contributed by atoms with Gasteiger partial charge in [0.2, 0.25) is 0 Å². The van der Waals surface area contributed by atoms with E-state index in [0.717, 1.165) is 17.8 Å². The van der Waals surface area contributed by atoms with Gasteiger partial charge < -0.3 is 4.90 Å². The average molecular weight is 231 g/mol. The van der Waals surface area contributed by atoms with E-state index < -0.39 is 0 Å². The Bertz CT molecular complexity index is 400. The fourth-order valence-electron chi connectivity index (χ4n) is 2.65. The van der Waals surface area contributed by atoms with Crippen molar-refractivity contribution in [2.24, 2.45) is 0 Å². The van der Waals surface area contributed by atoms with Gasteiger partial charge in [0, 0.05) is 23.8 Å². The number of carbonyl (C=O) groups excluding carboxylic acids is 1. The Hall–Kier alpha value is -1.31. The summed E-state index contributed by atoms with van der Waals surface area (Å²) in [5, 5.41) is 0. The minimum absolute atomic E-state index is 0.164. The summed E-state index contributed by atoms with van der Waals surface area (Å²) in [6.45, 7) is 5.00. The van der Waals surface area contributed by atoms with Crippen LogP contribution in [0.2, 0.25) is 0 Å². The van der Waals surface area contributed by atoms with Gasteiger partial charge in [0.05, 0.1) is 0 Å². The van der Waals surface area contributed by atoms with Crippen LogP contribution in [0.3, 0.4) is 0 Å². The fraction of sp³-hybridized carbons (Fsp3) is 0.533. The van der Waals surface area contributed by atoms with Gasteiger partial charge in [0.15, 0.2) is 5.78 Å². The zero-order chi connectivity index (χ0) is 12.3. The Morgan fingerprint density at radius 1 is 1.24 bits per heavy atom. The molecule has 0 bridgehead atoms. The van der Waals surface area contributed by atoms with Gasteiger partial charge in [-0.1, -0.05) is 25.0 Å². The summed E-state index contributed by atoms with van der Waals surface area (Å²) in [6, 6.07) is 8.54. The van der Waals surface area contributed by atoms with Gasteiger partial charge in [0.25, 0.3) is 0 Å². The van der Waals surface area contributed by atoms with E-state index in [1.807, 2.05) is 18.2 Å². The van der Waals surface area contributed by atoms with E-state index in [4.69, 9.17) is 0 Å². The molecule has 2 nitrogen and oxygen atoms in total. The van der Waals surface area contributed by atoms with E-state index in [9.17, 15) is 4.79 Å². The third kappa shape index (κ3) is 2.68. The quantitative estimate of drug-likeness (QED) is 0.724. The number of nitrogens with zero attached hydrogens (tertiary/aromatic N) is 1. The molecule has 17 heavy (non-hydrogen) atoms. The number of para-hydroxylation sites is 1. The molecule has 1 aliphatic heterocycles. The highest BCUT2D eigenvalue weighted by Gasteiger charge is 2.20. The zero-order valence-corrected chi connectivity index (χ0v) is 10.8. The lowest BCUT2D eigenvalue weighted by atomic mass is 10.1. The lowest BCUT2D eigenvalue weighted by molar-refractivity contribution is 0.101. The van der Waals surface area contributed by atoms with Crippen LogP contribution in [0.25, 0.3) is 0 Å². The summed E-state index contributed by atoms with van der Waals surface area (Å²) >= 11 is 0. The van der Waals surface area contributed by atoms with E-state index in [2.05, 4.69) is 17.9 Å². The molecule has 1 unspecified atom stereocenters. The van der Waals surface area contributed by atoms with Crippen LogP contribution < -0.4 is 4.90 Å². The number of rotatable bonds is 2. The maximum absolute atomic E-state index is 11.7. The maximum Gasteiger partial charge on any atom is 0.161 e. The van der Waals surface area contributed by atoms with Crippen LogP contribution in [0, 0.1) is 0 Å². The van der Waals surface area contributed by atoms with Gasteiger partial charge >= 0.3 is 0 Å². The van der Waals surface area contributed by atoms with Crippen LogP contribution in [0.15, 0.2) is 24.3 Å². The molecule has 0 radical (unpaired) electrons. The fourth-order valence-corrected chi connectivity index (χ4v) is 2.65. The van der Waals surface area contributed by atoms with Crippen molar-refractivity contribution in [2.75, 3.05) is 11.4 Å². The summed E-state index contributed by atoms with van der Waals surface area (Å²) in [6.07, 6.45) is 5.08. The number of hydrogen-bond donors (Lipinski definition) is 0. The van der Waals surface area contributed by atoms with Crippen molar-refractivity contribution in [1.82, 2.24) is 0 Å². The minimum atomic E-state index is 0.164. The van der Waals surface area contributed by atoms with Gasteiger partial charge in [-0.25, -0.2) is 0 Å². The Morgan fingerprint density at radius 2 is 2.00 bits per heavy atom. The number of hydrogen-bond acceptors (Lipinski definition) is 2. The van der Waals surface area contributed by atoms with Crippen molar-refractivity contribution in [2.45, 2.75) is 45.6 Å². The highest BCUT2D eigenvalue weighted by molar-refractivity contribution is 5.99. The molecule has 1 aliphatic rings. The topological polar surface area (TPSA) is 20.3 Å².